The van der Waals surface area contributed by atoms with Crippen LogP contribution >= 0.6 is 0 Å². The Morgan fingerprint density at radius 3 is 2.36 bits per heavy atom. The molecule has 0 aliphatic rings. The lowest BCUT2D eigenvalue weighted by molar-refractivity contribution is -0.151. The molecule has 0 heterocycles. The minimum absolute atomic E-state index is 0.188. The quantitative estimate of drug-likeness (QED) is 0.679. The standard InChI is InChI=1S/C18H18F2N2O5S/c1-11-3-6-14(9-16(11)20)22-18(24)12(2)27-17(23)10-21-28(25,26)15-7-4-13(19)5-8-15/h3-9,12,21H,10H2,1-2H3,(H,22,24)/t12-/m0/s1. The van der Waals surface area contributed by atoms with Gasteiger partial charge in [-0.3, -0.25) is 9.59 Å². The van der Waals surface area contributed by atoms with Gasteiger partial charge >= 0.3 is 5.97 Å². The molecule has 2 N–H and O–H groups in total. The fourth-order valence-corrected chi connectivity index (χ4v) is 3.03. The van der Waals surface area contributed by atoms with Crippen molar-refractivity contribution >= 4 is 27.6 Å². The first-order chi connectivity index (χ1) is 13.1. The molecule has 7 nitrogen and oxygen atoms in total. The van der Waals surface area contributed by atoms with Gasteiger partial charge in [-0.15, -0.1) is 0 Å². The fraction of sp³-hybridized carbons (Fsp3) is 0.222. The van der Waals surface area contributed by atoms with E-state index in [1.54, 1.807) is 6.92 Å². The zero-order chi connectivity index (χ0) is 20.9. The molecule has 2 aromatic carbocycles. The van der Waals surface area contributed by atoms with Crippen LogP contribution in [0, 0.1) is 18.6 Å². The number of halogens is 2. The van der Waals surface area contributed by atoms with Gasteiger partial charge in [0, 0.05) is 5.69 Å². The van der Waals surface area contributed by atoms with Gasteiger partial charge in [-0.05, 0) is 55.8 Å². The van der Waals surface area contributed by atoms with Crippen LogP contribution in [0.1, 0.15) is 12.5 Å². The normalized spacial score (nSPS) is 12.3. The second-order valence-electron chi connectivity index (χ2n) is 5.86. The minimum atomic E-state index is -4.05. The Labute approximate surface area is 160 Å². The number of amides is 1. The summed E-state index contributed by atoms with van der Waals surface area (Å²) >= 11 is 0. The van der Waals surface area contributed by atoms with Crippen molar-refractivity contribution in [1.82, 2.24) is 4.72 Å². The highest BCUT2D eigenvalue weighted by atomic mass is 32.2. The van der Waals surface area contributed by atoms with Gasteiger partial charge in [0.05, 0.1) is 4.90 Å². The number of carbonyl (C=O) groups excluding carboxylic acids is 2. The maximum Gasteiger partial charge on any atom is 0.321 e. The monoisotopic (exact) mass is 412 g/mol. The van der Waals surface area contributed by atoms with E-state index >= 15 is 0 Å². The van der Waals surface area contributed by atoms with Crippen LogP contribution in [0.25, 0.3) is 0 Å². The molecular weight excluding hydrogens is 394 g/mol. The Hall–Kier alpha value is -2.85. The SMILES string of the molecule is Cc1ccc(NC(=O)[C@H](C)OC(=O)CNS(=O)(=O)c2ccc(F)cc2)cc1F. The number of ether oxygens (including phenoxy) is 1. The van der Waals surface area contributed by atoms with Gasteiger partial charge in [-0.1, -0.05) is 6.07 Å². The number of anilines is 1. The summed E-state index contributed by atoms with van der Waals surface area (Å²) in [5.41, 5.74) is 0.596. The van der Waals surface area contributed by atoms with Crippen molar-refractivity contribution in [2.75, 3.05) is 11.9 Å². The second-order valence-corrected chi connectivity index (χ2v) is 7.63. The van der Waals surface area contributed by atoms with E-state index in [1.807, 2.05) is 4.72 Å². The molecule has 28 heavy (non-hydrogen) atoms. The van der Waals surface area contributed by atoms with E-state index in [1.165, 1.54) is 19.1 Å². The molecule has 0 aliphatic carbocycles. The first-order valence-electron chi connectivity index (χ1n) is 8.10. The fourth-order valence-electron chi connectivity index (χ4n) is 2.06. The van der Waals surface area contributed by atoms with Crippen molar-refractivity contribution in [3.05, 3.63) is 59.7 Å². The Morgan fingerprint density at radius 2 is 1.75 bits per heavy atom. The Bertz CT molecular complexity index is 978. The number of hydrogen-bond donors (Lipinski definition) is 2. The lowest BCUT2D eigenvalue weighted by Crippen LogP contribution is -2.35. The lowest BCUT2D eigenvalue weighted by atomic mass is 10.2. The number of rotatable bonds is 7. The number of carbonyl (C=O) groups is 2. The molecule has 0 aliphatic heterocycles. The number of nitrogens with one attached hydrogen (secondary N) is 2. The summed E-state index contributed by atoms with van der Waals surface area (Å²) in [5, 5.41) is 2.39. The van der Waals surface area contributed by atoms with Crippen LogP contribution < -0.4 is 10.0 Å². The number of aryl methyl sites for hydroxylation is 1. The van der Waals surface area contributed by atoms with Gasteiger partial charge in [-0.25, -0.2) is 17.2 Å². The lowest BCUT2D eigenvalue weighted by Gasteiger charge is -2.14. The molecule has 0 unspecified atom stereocenters. The zero-order valence-electron chi connectivity index (χ0n) is 15.0. The summed E-state index contributed by atoms with van der Waals surface area (Å²) in [7, 11) is -4.05. The summed E-state index contributed by atoms with van der Waals surface area (Å²) in [5.74, 6) is -2.81. The zero-order valence-corrected chi connectivity index (χ0v) is 15.8. The van der Waals surface area contributed by atoms with Crippen molar-refractivity contribution in [3.8, 4) is 0 Å². The molecule has 150 valence electrons. The number of esters is 1. The second kappa shape index (κ2) is 8.89. The van der Waals surface area contributed by atoms with Gasteiger partial charge in [-0.2, -0.15) is 4.72 Å². The molecule has 0 aromatic heterocycles. The third-order valence-electron chi connectivity index (χ3n) is 3.65. The molecule has 0 radical (unpaired) electrons. The molecule has 1 amide bonds. The van der Waals surface area contributed by atoms with Gasteiger partial charge in [0.15, 0.2) is 6.10 Å². The summed E-state index contributed by atoms with van der Waals surface area (Å²) < 4.78 is 57.2. The van der Waals surface area contributed by atoms with Crippen LogP contribution in [-0.4, -0.2) is 32.9 Å². The molecule has 0 saturated carbocycles. The highest BCUT2D eigenvalue weighted by Gasteiger charge is 2.21. The summed E-state index contributed by atoms with van der Waals surface area (Å²) in [4.78, 5) is 23.6. The van der Waals surface area contributed by atoms with Crippen molar-refractivity contribution in [3.63, 3.8) is 0 Å². The van der Waals surface area contributed by atoms with Crippen LogP contribution in [-0.2, 0) is 24.3 Å². The van der Waals surface area contributed by atoms with Crippen LogP contribution in [0.15, 0.2) is 47.4 Å². The van der Waals surface area contributed by atoms with Gasteiger partial charge in [0.25, 0.3) is 5.91 Å². The molecule has 10 heteroatoms. The third-order valence-corrected chi connectivity index (χ3v) is 5.06. The molecule has 0 saturated heterocycles. The summed E-state index contributed by atoms with van der Waals surface area (Å²) in [6, 6.07) is 8.10. The van der Waals surface area contributed by atoms with Crippen LogP contribution in [0.5, 0.6) is 0 Å². The Balaban J connectivity index is 1.88. The predicted molar refractivity (Wildman–Crippen MR) is 96.9 cm³/mol. The first kappa shape index (κ1) is 21.5. The predicted octanol–water partition coefficient (Wildman–Crippen LogP) is 2.12. The maximum atomic E-state index is 13.5. The van der Waals surface area contributed by atoms with E-state index < -0.39 is 46.2 Å². The Morgan fingerprint density at radius 1 is 1.11 bits per heavy atom. The maximum absolute atomic E-state index is 13.5. The van der Waals surface area contributed by atoms with Crippen molar-refractivity contribution in [2.45, 2.75) is 24.8 Å². The van der Waals surface area contributed by atoms with Crippen molar-refractivity contribution in [1.29, 1.82) is 0 Å². The Kier molecular flexibility index (Phi) is 6.81. The minimum Gasteiger partial charge on any atom is -0.452 e. The van der Waals surface area contributed by atoms with Crippen molar-refractivity contribution < 1.29 is 31.5 Å². The molecule has 0 bridgehead atoms. The van der Waals surface area contributed by atoms with E-state index in [9.17, 15) is 26.8 Å². The molecule has 2 aromatic rings. The van der Waals surface area contributed by atoms with E-state index in [-0.39, 0.29) is 10.6 Å². The molecular formula is C18H18F2N2O5S. The number of benzene rings is 2. The number of sulfonamides is 1. The van der Waals surface area contributed by atoms with Gasteiger partial charge < -0.3 is 10.1 Å². The van der Waals surface area contributed by atoms with E-state index in [4.69, 9.17) is 4.74 Å². The number of hydrogen-bond acceptors (Lipinski definition) is 5. The van der Waals surface area contributed by atoms with E-state index in [2.05, 4.69) is 5.32 Å². The van der Waals surface area contributed by atoms with Crippen LogP contribution in [0.2, 0.25) is 0 Å². The average molecular weight is 412 g/mol. The van der Waals surface area contributed by atoms with E-state index in [0.29, 0.717) is 5.56 Å². The van der Waals surface area contributed by atoms with Crippen LogP contribution in [0.3, 0.4) is 0 Å². The highest BCUT2D eigenvalue weighted by molar-refractivity contribution is 7.89. The largest absolute Gasteiger partial charge is 0.452 e. The van der Waals surface area contributed by atoms with Gasteiger partial charge in [0.1, 0.15) is 18.2 Å². The topological polar surface area (TPSA) is 102 Å². The van der Waals surface area contributed by atoms with Crippen LogP contribution in [0.4, 0.5) is 14.5 Å². The molecule has 0 spiro atoms. The average Bonchev–Trinajstić information content (AvgIpc) is 2.63. The summed E-state index contributed by atoms with van der Waals surface area (Å²) in [6.07, 6.45) is -1.24. The van der Waals surface area contributed by atoms with Crippen molar-refractivity contribution in [2.24, 2.45) is 0 Å². The smallest absolute Gasteiger partial charge is 0.321 e. The van der Waals surface area contributed by atoms with E-state index in [0.717, 1.165) is 30.3 Å². The molecule has 2 rings (SSSR count). The summed E-state index contributed by atoms with van der Waals surface area (Å²) in [6.45, 7) is 2.13. The first-order valence-corrected chi connectivity index (χ1v) is 9.58. The van der Waals surface area contributed by atoms with Gasteiger partial charge in [0.2, 0.25) is 10.0 Å². The molecule has 0 fully saturated rings. The third kappa shape index (κ3) is 5.83. The molecule has 1 atom stereocenters. The highest BCUT2D eigenvalue weighted by Crippen LogP contribution is 2.14.